The van der Waals surface area contributed by atoms with Gasteiger partial charge in [0, 0.05) is 136 Å². The van der Waals surface area contributed by atoms with Crippen LogP contribution in [0.4, 0.5) is 70.0 Å². The minimum Gasteiger partial charge on any atom is -1.00 e. The molecule has 16 nitrogen and oxygen atoms in total. The predicted molar refractivity (Wildman–Crippen MR) is 453 cm³/mol. The summed E-state index contributed by atoms with van der Waals surface area (Å²) in [5.74, 6) is -3.70. The van der Waals surface area contributed by atoms with Gasteiger partial charge in [-0.25, -0.2) is 45.7 Å². The van der Waals surface area contributed by atoms with Gasteiger partial charge in [0.25, 0.3) is 5.69 Å². The first-order valence-electron chi connectivity index (χ1n) is 37.7. The number of benzene rings is 6. The molecule has 1 saturated heterocycles. The Morgan fingerprint density at radius 2 is 0.950 bits per heavy atom. The van der Waals surface area contributed by atoms with Gasteiger partial charge >= 0.3 is 42.5 Å². The third-order valence-electron chi connectivity index (χ3n) is 21.4. The zero-order chi connectivity index (χ0) is 86.1. The third-order valence-corrected chi connectivity index (χ3v) is 23.6. The molecule has 0 aliphatic carbocycles. The van der Waals surface area contributed by atoms with Crippen LogP contribution in [-0.4, -0.2) is 104 Å². The van der Waals surface area contributed by atoms with Crippen LogP contribution < -0.4 is 32.2 Å². The fraction of sp³-hybridized carbons (Fsp3) is 0.302. The number of nitro benzene ring substituents is 1. The average molecular weight is 1930 g/mol. The first kappa shape index (κ1) is 95.1. The van der Waals surface area contributed by atoms with E-state index in [1.165, 1.54) is 36.2 Å². The number of pyridine rings is 2. The molecule has 0 saturated carbocycles. The minimum absolute atomic E-state index is 0. The number of rotatable bonds is 11. The molecule has 34 heteroatoms. The molecule has 0 unspecified atom stereocenters. The SMILES string of the molecule is CCc1cccc(CC)c1-n1nc2c(c1-c1c(F)cc(C)c3[nH]ccc13)CN(c1ncc(C(F)(F)F)cc1F)CC2.CCc1cccc(CC)c1-n1nc2c(c1Br)CN(c1ncc(C(F)(F)F)cc1F)CC2.Cc1cc(F)c(B2OC(C)(C)C(C)(C)O2)c2cc[nH]c12.Cc1cc(F)c(Br)c2cc[nH]c12.Cc1cc(F)c(Br)cc1[N+](=O)[O-].[Br-].[CH-]=C.[Mg+2]. The van der Waals surface area contributed by atoms with Crippen molar-refractivity contribution >= 4 is 133 Å². The van der Waals surface area contributed by atoms with Crippen LogP contribution in [0, 0.1) is 79.3 Å². The largest absolute Gasteiger partial charge is 2.00 e. The molecule has 3 N–H and O–H groups in total. The Balaban J connectivity index is 0.000000182. The van der Waals surface area contributed by atoms with Crippen molar-refractivity contribution in [3.05, 3.63) is 278 Å². The van der Waals surface area contributed by atoms with Gasteiger partial charge in [0.05, 0.1) is 64.7 Å². The first-order chi connectivity index (χ1) is 55.8. The maximum absolute atomic E-state index is 16.0. The molecule has 7 aromatic heterocycles. The number of nitrogens with zero attached hydrogens (tertiary/aromatic N) is 9. The zero-order valence-electron chi connectivity index (χ0n) is 67.5. The number of nitro groups is 1. The molecule has 0 atom stereocenters. The van der Waals surface area contributed by atoms with E-state index in [9.17, 15) is 54.0 Å². The topological polar surface area (TPSA) is 177 Å². The number of alkyl halides is 6. The minimum atomic E-state index is -4.70. The molecular formula is C86H83BBr4F12MgN12O4. The maximum atomic E-state index is 16.0. The van der Waals surface area contributed by atoms with E-state index in [2.05, 4.69) is 126 Å². The van der Waals surface area contributed by atoms with E-state index in [0.29, 0.717) is 94.7 Å². The number of aromatic amines is 3. The van der Waals surface area contributed by atoms with E-state index >= 15 is 8.78 Å². The molecule has 10 heterocycles. The van der Waals surface area contributed by atoms with Crippen molar-refractivity contribution in [2.45, 2.75) is 158 Å². The van der Waals surface area contributed by atoms with Crippen LogP contribution in [0.2, 0.25) is 0 Å². The van der Waals surface area contributed by atoms with E-state index in [0.717, 1.165) is 126 Å². The van der Waals surface area contributed by atoms with Crippen molar-refractivity contribution in [3.63, 3.8) is 0 Å². The van der Waals surface area contributed by atoms with Crippen LogP contribution in [0.1, 0.15) is 134 Å². The Kier molecular flexibility index (Phi) is 30.7. The second kappa shape index (κ2) is 38.7. The Morgan fingerprint density at radius 1 is 0.550 bits per heavy atom. The van der Waals surface area contributed by atoms with Gasteiger partial charge in [-0.15, -0.1) is 0 Å². The smallest absolute Gasteiger partial charge is 1.00 e. The summed E-state index contributed by atoms with van der Waals surface area (Å²) in [5, 5.41) is 22.6. The summed E-state index contributed by atoms with van der Waals surface area (Å²) in [6.45, 7) is 31.4. The molecule has 1 fully saturated rings. The number of fused-ring (bicyclic) bond motifs is 5. The summed E-state index contributed by atoms with van der Waals surface area (Å²) >= 11 is 9.74. The van der Waals surface area contributed by atoms with E-state index < -0.39 is 70.0 Å². The molecule has 16 rings (SSSR count). The van der Waals surface area contributed by atoms with Crippen LogP contribution in [0.25, 0.3) is 55.3 Å². The number of para-hydroxylation sites is 2. The number of halogens is 16. The van der Waals surface area contributed by atoms with Crippen LogP contribution in [0.15, 0.2) is 148 Å². The van der Waals surface area contributed by atoms with Crippen LogP contribution in [-0.2, 0) is 73.3 Å². The number of H-pyrrole nitrogens is 3. The van der Waals surface area contributed by atoms with Gasteiger partial charge in [-0.1, -0.05) is 64.1 Å². The van der Waals surface area contributed by atoms with Gasteiger partial charge in [0.15, 0.2) is 23.3 Å². The van der Waals surface area contributed by atoms with E-state index in [-0.39, 0.29) is 80.0 Å². The molecule has 120 heavy (non-hydrogen) atoms. The Labute approximate surface area is 737 Å². The molecule has 628 valence electrons. The number of nitrogens with one attached hydrogen (secondary N) is 3. The number of anilines is 2. The van der Waals surface area contributed by atoms with Gasteiger partial charge in [-0.05, 0) is 222 Å². The number of aryl methyl sites for hydroxylation is 8. The molecule has 3 aliphatic heterocycles. The van der Waals surface area contributed by atoms with Gasteiger partial charge < -0.3 is 57.6 Å². The quantitative estimate of drug-likeness (QED) is 0.0371. The fourth-order valence-electron chi connectivity index (χ4n) is 14.6. The maximum Gasteiger partial charge on any atom is 2.00 e. The van der Waals surface area contributed by atoms with E-state index in [1.807, 2.05) is 113 Å². The molecule has 6 aromatic carbocycles. The summed E-state index contributed by atoms with van der Waals surface area (Å²) in [5.41, 5.74) is 13.3. The second-order valence-electron chi connectivity index (χ2n) is 29.3. The van der Waals surface area contributed by atoms with Crippen molar-refractivity contribution < 1.29 is 83.9 Å². The van der Waals surface area contributed by atoms with Crippen molar-refractivity contribution in [1.82, 2.24) is 44.5 Å². The fourth-order valence-corrected chi connectivity index (χ4v) is 16.0. The normalized spacial score (nSPS) is 13.9. The Bertz CT molecular complexity index is 5870. The van der Waals surface area contributed by atoms with Gasteiger partial charge in [0.2, 0.25) is 0 Å². The Hall–Kier alpha value is -8.77. The summed E-state index contributed by atoms with van der Waals surface area (Å²) in [6.07, 6.45) is 1.47. The molecule has 0 spiro atoms. The molecular weight excluding hydrogens is 1850 g/mol. The van der Waals surface area contributed by atoms with Crippen molar-refractivity contribution in [1.29, 1.82) is 0 Å². The van der Waals surface area contributed by atoms with Crippen LogP contribution >= 0.6 is 47.8 Å². The van der Waals surface area contributed by atoms with Gasteiger partial charge in [-0.3, -0.25) is 16.7 Å². The molecule has 3 aliphatic rings. The van der Waals surface area contributed by atoms with Gasteiger partial charge in [-0.2, -0.15) is 36.5 Å². The Morgan fingerprint density at radius 3 is 1.41 bits per heavy atom. The third kappa shape index (κ3) is 19.5. The van der Waals surface area contributed by atoms with E-state index in [4.69, 9.17) is 19.5 Å². The zero-order valence-corrected chi connectivity index (χ0v) is 75.2. The second-order valence-corrected chi connectivity index (χ2v) is 31.7. The summed E-state index contributed by atoms with van der Waals surface area (Å²) in [4.78, 5) is 30.1. The first-order valence-corrected chi connectivity index (χ1v) is 40.0. The monoisotopic (exact) mass is 1930 g/mol. The standard InChI is InChI=1S/C31H28F5N5.C22H21BrF4N4.C15H19BFNO2.C9H7BrFN.C7H5BrFNO2.C2H3.BrH.Mg/c1-4-18-7-6-8-19(5-2)28(18)41-29(26-21-9-11-37-27(21)17(3)13-23(26)32)22-16-40(12-10-25(22)39-41)30-24(33)14-20(15-38-30)31(34,35)36;1-3-13-6-5-7-14(4-2)19(13)31-20(23)16-12-30(9-8-18(16)29-31)21-17(24)10-15(11-28-21)22(25,26)27;1-9-8-11(17)12(10-6-7-18-13(9)10)16-19-14(2,3)15(4,5)20-16;1-5-4-7(11)8(10)6-2-3-12-9(5)6;1-4-2-6(9)5(8)3-7(4)10(11)12;1-2;;/h6-9,11,13-15,37H,4-5,10,12,16H2,1-3H3;5-7,10-11H,3-4,8-9,12H2,1-2H3;6-8,18H,1-5H3;2-4,12H,1H3;2-3H,1H3;1H,2H2;1H;/q;;;;;-1;;+2/p-1. The van der Waals surface area contributed by atoms with Gasteiger partial charge in [0.1, 0.15) is 27.9 Å². The van der Waals surface area contributed by atoms with Crippen molar-refractivity contribution in [2.24, 2.45) is 0 Å². The average Bonchev–Trinajstić information content (AvgIpc) is 1.59. The predicted octanol–water partition coefficient (Wildman–Crippen LogP) is 19.9. The number of hydrogen-bond donors (Lipinski definition) is 3. The summed E-state index contributed by atoms with van der Waals surface area (Å²) < 4.78 is 181. The van der Waals surface area contributed by atoms with Crippen LogP contribution in [0.5, 0.6) is 0 Å². The van der Waals surface area contributed by atoms with E-state index in [1.54, 1.807) is 16.0 Å². The molecule has 0 bridgehead atoms. The van der Waals surface area contributed by atoms with Crippen molar-refractivity contribution in [2.75, 3.05) is 22.9 Å². The summed E-state index contributed by atoms with van der Waals surface area (Å²) in [7, 11) is -0.682. The molecule has 13 aromatic rings. The summed E-state index contributed by atoms with van der Waals surface area (Å²) in [6, 6.07) is 25.6. The molecule has 0 radical (unpaired) electrons. The van der Waals surface area contributed by atoms with Crippen molar-refractivity contribution in [3.8, 4) is 22.6 Å². The number of hydrogen-bond acceptors (Lipinski definition) is 10. The number of aromatic nitrogens is 9. The van der Waals surface area contributed by atoms with Crippen LogP contribution in [0.3, 0.4) is 0 Å². The molecule has 0 amide bonds.